The van der Waals surface area contributed by atoms with Gasteiger partial charge < -0.3 is 9.84 Å². The monoisotopic (exact) mass is 496 g/mol. The van der Waals surface area contributed by atoms with Crippen molar-refractivity contribution in [2.75, 3.05) is 6.61 Å². The molecule has 0 aromatic heterocycles. The van der Waals surface area contributed by atoms with Crippen LogP contribution in [0.3, 0.4) is 0 Å². The fraction of sp³-hybridized carbons (Fsp3) is 0.133. The lowest BCUT2D eigenvalue weighted by molar-refractivity contribution is -0.118. The average Bonchev–Trinajstić information content (AvgIpc) is 2.42. The van der Waals surface area contributed by atoms with Crippen molar-refractivity contribution < 1.29 is 14.6 Å². The molecule has 0 amide bonds. The molecule has 0 aliphatic carbocycles. The number of rotatable bonds is 3. The summed E-state index contributed by atoms with van der Waals surface area (Å²) < 4.78 is 7.46. The van der Waals surface area contributed by atoms with Gasteiger partial charge in [0.25, 0.3) is 0 Å². The lowest BCUT2D eigenvalue weighted by Gasteiger charge is -2.02. The van der Waals surface area contributed by atoms with Gasteiger partial charge in [-0.05, 0) is 101 Å². The summed E-state index contributed by atoms with van der Waals surface area (Å²) in [7, 11) is 0. The summed E-state index contributed by atoms with van der Waals surface area (Å²) in [5, 5.41) is 8.75. The van der Waals surface area contributed by atoms with E-state index in [0.717, 1.165) is 12.9 Å². The highest BCUT2D eigenvalue weighted by molar-refractivity contribution is 14.1. The molecular formula is C15H14I2O3. The molecule has 0 bridgehead atoms. The summed E-state index contributed by atoms with van der Waals surface area (Å²) in [5.41, 5.74) is 0. The Morgan fingerprint density at radius 3 is 1.85 bits per heavy atom. The molecule has 2 aromatic rings. The zero-order valence-electron chi connectivity index (χ0n) is 10.8. The van der Waals surface area contributed by atoms with Gasteiger partial charge in [0, 0.05) is 7.14 Å². The van der Waals surface area contributed by atoms with Crippen molar-refractivity contribution in [2.45, 2.75) is 6.92 Å². The molecular weight excluding hydrogens is 482 g/mol. The molecule has 3 nitrogen and oxygen atoms in total. The van der Waals surface area contributed by atoms with Gasteiger partial charge in [0.05, 0.1) is 0 Å². The van der Waals surface area contributed by atoms with Gasteiger partial charge in [0.1, 0.15) is 18.1 Å². The first-order valence-corrected chi connectivity index (χ1v) is 7.95. The summed E-state index contributed by atoms with van der Waals surface area (Å²) in [6, 6.07) is 14.6. The Kier molecular flexibility index (Phi) is 7.90. The second-order valence-corrected chi connectivity index (χ2v) is 6.41. The van der Waals surface area contributed by atoms with Crippen molar-refractivity contribution >= 4 is 51.0 Å². The average molecular weight is 496 g/mol. The molecule has 0 aliphatic rings. The molecule has 0 saturated carbocycles. The lowest BCUT2D eigenvalue weighted by atomic mass is 10.3. The lowest BCUT2D eigenvalue weighted by Crippen LogP contribution is -2.06. The number of hydrogen-bond acceptors (Lipinski definition) is 3. The van der Waals surface area contributed by atoms with E-state index in [2.05, 4.69) is 45.2 Å². The first-order valence-electron chi connectivity index (χ1n) is 5.79. The topological polar surface area (TPSA) is 46.5 Å². The highest BCUT2D eigenvalue weighted by Crippen LogP contribution is 2.13. The SMILES string of the molecule is CC(=O)COc1ccc(I)cc1.Oc1ccc(I)cc1. The minimum absolute atomic E-state index is 0.0357. The summed E-state index contributed by atoms with van der Waals surface area (Å²) in [4.78, 5) is 10.6. The number of halogens is 2. The van der Waals surface area contributed by atoms with Gasteiger partial charge in [-0.2, -0.15) is 0 Å². The molecule has 20 heavy (non-hydrogen) atoms. The number of ether oxygens (including phenoxy) is 1. The second kappa shape index (κ2) is 9.17. The number of phenolic OH excluding ortho intramolecular Hbond substituents is 1. The normalized spacial score (nSPS) is 9.35. The van der Waals surface area contributed by atoms with Crippen molar-refractivity contribution in [3.63, 3.8) is 0 Å². The summed E-state index contributed by atoms with van der Waals surface area (Å²) in [6.45, 7) is 1.66. The molecule has 0 saturated heterocycles. The van der Waals surface area contributed by atoms with Crippen LogP contribution in [0.25, 0.3) is 0 Å². The number of benzene rings is 2. The van der Waals surface area contributed by atoms with E-state index in [-0.39, 0.29) is 12.4 Å². The molecule has 0 aliphatic heterocycles. The van der Waals surface area contributed by atoms with Crippen molar-refractivity contribution in [2.24, 2.45) is 0 Å². The summed E-state index contributed by atoms with van der Waals surface area (Å²) >= 11 is 4.40. The van der Waals surface area contributed by atoms with Crippen LogP contribution in [0.1, 0.15) is 6.92 Å². The largest absolute Gasteiger partial charge is 0.508 e. The maximum Gasteiger partial charge on any atom is 0.167 e. The zero-order valence-corrected chi connectivity index (χ0v) is 15.2. The van der Waals surface area contributed by atoms with Crippen molar-refractivity contribution in [3.05, 3.63) is 55.7 Å². The van der Waals surface area contributed by atoms with Crippen LogP contribution in [-0.4, -0.2) is 17.5 Å². The van der Waals surface area contributed by atoms with Gasteiger partial charge in [-0.25, -0.2) is 0 Å². The van der Waals surface area contributed by atoms with Crippen LogP contribution in [0.4, 0.5) is 0 Å². The first-order chi connectivity index (χ1) is 9.47. The van der Waals surface area contributed by atoms with E-state index in [1.165, 1.54) is 6.92 Å². The molecule has 0 spiro atoms. The smallest absolute Gasteiger partial charge is 0.167 e. The van der Waals surface area contributed by atoms with Crippen LogP contribution in [0.5, 0.6) is 11.5 Å². The van der Waals surface area contributed by atoms with Crippen LogP contribution in [0.2, 0.25) is 0 Å². The number of carbonyl (C=O) groups excluding carboxylic acids is 1. The van der Waals surface area contributed by atoms with Crippen LogP contribution in [0, 0.1) is 7.14 Å². The van der Waals surface area contributed by atoms with E-state index in [9.17, 15) is 4.79 Å². The first kappa shape index (κ1) is 17.2. The predicted octanol–water partition coefficient (Wildman–Crippen LogP) is 4.26. The number of phenols is 1. The van der Waals surface area contributed by atoms with E-state index in [4.69, 9.17) is 9.84 Å². The number of Topliss-reactive ketones (excluding diaryl/α,β-unsaturated/α-hetero) is 1. The Labute approximate surface area is 145 Å². The van der Waals surface area contributed by atoms with Gasteiger partial charge in [0.15, 0.2) is 5.78 Å². The Balaban J connectivity index is 0.000000217. The summed E-state index contributed by atoms with van der Waals surface area (Å²) in [5.74, 6) is 1.10. The highest BCUT2D eigenvalue weighted by atomic mass is 127. The highest BCUT2D eigenvalue weighted by Gasteiger charge is 1.95. The molecule has 0 unspecified atom stereocenters. The second-order valence-electron chi connectivity index (χ2n) is 3.92. The van der Waals surface area contributed by atoms with E-state index < -0.39 is 0 Å². The quantitative estimate of drug-likeness (QED) is 0.647. The van der Waals surface area contributed by atoms with Crippen molar-refractivity contribution in [1.82, 2.24) is 0 Å². The zero-order chi connectivity index (χ0) is 15.0. The fourth-order valence-corrected chi connectivity index (χ4v) is 1.88. The molecule has 5 heteroatoms. The maximum absolute atomic E-state index is 10.6. The van der Waals surface area contributed by atoms with Crippen molar-refractivity contribution in [1.29, 1.82) is 0 Å². The number of hydrogen-bond donors (Lipinski definition) is 1. The Hall–Kier alpha value is -0.830. The van der Waals surface area contributed by atoms with Crippen LogP contribution in [-0.2, 0) is 4.79 Å². The maximum atomic E-state index is 10.6. The minimum atomic E-state index is 0.0357. The molecule has 0 heterocycles. The van der Waals surface area contributed by atoms with Crippen LogP contribution >= 0.6 is 45.2 Å². The van der Waals surface area contributed by atoms with E-state index in [1.54, 1.807) is 12.1 Å². The van der Waals surface area contributed by atoms with Gasteiger partial charge in [-0.1, -0.05) is 0 Å². The minimum Gasteiger partial charge on any atom is -0.508 e. The number of aromatic hydroxyl groups is 1. The number of ketones is 1. The predicted molar refractivity (Wildman–Crippen MR) is 96.2 cm³/mol. The molecule has 0 radical (unpaired) electrons. The van der Waals surface area contributed by atoms with Crippen molar-refractivity contribution in [3.8, 4) is 11.5 Å². The fourth-order valence-electron chi connectivity index (χ4n) is 1.16. The molecule has 106 valence electrons. The van der Waals surface area contributed by atoms with E-state index in [0.29, 0.717) is 5.75 Å². The summed E-state index contributed by atoms with van der Waals surface area (Å²) in [6.07, 6.45) is 0. The third-order valence-electron chi connectivity index (χ3n) is 2.08. The molecule has 0 fully saturated rings. The molecule has 0 atom stereocenters. The molecule has 1 N–H and O–H groups in total. The van der Waals surface area contributed by atoms with Gasteiger partial charge >= 0.3 is 0 Å². The van der Waals surface area contributed by atoms with E-state index in [1.807, 2.05) is 36.4 Å². The van der Waals surface area contributed by atoms with E-state index >= 15 is 0 Å². The van der Waals surface area contributed by atoms with Gasteiger partial charge in [0.2, 0.25) is 0 Å². The van der Waals surface area contributed by atoms with Crippen LogP contribution in [0.15, 0.2) is 48.5 Å². The number of carbonyl (C=O) groups is 1. The third-order valence-corrected chi connectivity index (χ3v) is 3.52. The molecule has 2 aromatic carbocycles. The molecule has 2 rings (SSSR count). The van der Waals surface area contributed by atoms with Gasteiger partial charge in [-0.3, -0.25) is 4.79 Å². The Morgan fingerprint density at radius 2 is 1.45 bits per heavy atom. The standard InChI is InChI=1S/C9H9IO2.C6H5IO/c1-7(11)6-12-9-4-2-8(10)3-5-9;7-5-1-3-6(8)4-2-5/h2-5H,6H2,1H3;1-4,8H. The van der Waals surface area contributed by atoms with Gasteiger partial charge in [-0.15, -0.1) is 0 Å². The Bertz CT molecular complexity index is 515. The third kappa shape index (κ3) is 7.68. The van der Waals surface area contributed by atoms with Crippen LogP contribution < -0.4 is 4.74 Å². The Morgan fingerprint density at radius 1 is 1.00 bits per heavy atom.